The molecule has 0 saturated carbocycles. The summed E-state index contributed by atoms with van der Waals surface area (Å²) in [6, 6.07) is 11.6. The van der Waals surface area contributed by atoms with E-state index in [-0.39, 0.29) is 17.8 Å². The van der Waals surface area contributed by atoms with Crippen molar-refractivity contribution in [1.29, 1.82) is 0 Å². The number of H-pyrrole nitrogens is 2. The Kier molecular flexibility index (Phi) is 4.09. The minimum atomic E-state index is -0.273. The van der Waals surface area contributed by atoms with Crippen molar-refractivity contribution in [2.24, 2.45) is 0 Å². The van der Waals surface area contributed by atoms with E-state index in [2.05, 4.69) is 36.5 Å². The van der Waals surface area contributed by atoms with Gasteiger partial charge < -0.3 is 15.2 Å². The lowest BCUT2D eigenvalue weighted by atomic mass is 10.1. The maximum Gasteiger partial charge on any atom is 0.287 e. The summed E-state index contributed by atoms with van der Waals surface area (Å²) in [5.74, 6) is 0.741. The van der Waals surface area contributed by atoms with Crippen molar-refractivity contribution >= 4 is 33.9 Å². The number of amides is 1. The van der Waals surface area contributed by atoms with Gasteiger partial charge in [0.1, 0.15) is 5.52 Å². The van der Waals surface area contributed by atoms with Gasteiger partial charge >= 0.3 is 0 Å². The molecule has 8 nitrogen and oxygen atoms in total. The lowest BCUT2D eigenvalue weighted by Gasteiger charge is -2.17. The van der Waals surface area contributed by atoms with Crippen LogP contribution < -0.4 is 10.2 Å². The molecule has 0 spiro atoms. The summed E-state index contributed by atoms with van der Waals surface area (Å²) in [4.78, 5) is 26.7. The van der Waals surface area contributed by atoms with E-state index in [4.69, 9.17) is 0 Å². The number of aromatic amines is 2. The number of carbonyl (C=O) groups is 1. The zero-order chi connectivity index (χ0) is 19.8. The van der Waals surface area contributed by atoms with Gasteiger partial charge in [-0.05, 0) is 24.6 Å². The topological polar surface area (TPSA) is 103 Å². The van der Waals surface area contributed by atoms with Gasteiger partial charge in [-0.15, -0.1) is 0 Å². The molecule has 1 aliphatic rings. The molecule has 1 amide bonds. The fraction of sp³-hybridized carbons (Fsp3) is 0.143. The van der Waals surface area contributed by atoms with Crippen LogP contribution in [0.4, 0.5) is 5.82 Å². The zero-order valence-corrected chi connectivity index (χ0v) is 15.8. The van der Waals surface area contributed by atoms with Crippen LogP contribution in [0.2, 0.25) is 0 Å². The van der Waals surface area contributed by atoms with Gasteiger partial charge in [0.2, 0.25) is 0 Å². The second-order valence-electron chi connectivity index (χ2n) is 6.91. The molecule has 0 aliphatic carbocycles. The van der Waals surface area contributed by atoms with Crippen LogP contribution in [0.25, 0.3) is 22.2 Å². The number of rotatable bonds is 4. The Labute approximate surface area is 166 Å². The van der Waals surface area contributed by atoms with Crippen molar-refractivity contribution in [3.63, 3.8) is 0 Å². The average molecular weight is 385 g/mol. The molecule has 1 unspecified atom stereocenters. The van der Waals surface area contributed by atoms with Crippen LogP contribution in [0, 0.1) is 0 Å². The van der Waals surface area contributed by atoms with Crippen molar-refractivity contribution in [1.82, 2.24) is 30.5 Å². The summed E-state index contributed by atoms with van der Waals surface area (Å²) >= 11 is 0. The van der Waals surface area contributed by atoms with E-state index in [0.717, 1.165) is 23.3 Å². The van der Waals surface area contributed by atoms with Crippen molar-refractivity contribution in [3.8, 4) is 0 Å². The molecule has 0 radical (unpaired) electrons. The number of hydrogen-bond acceptors (Lipinski definition) is 5. The van der Waals surface area contributed by atoms with E-state index in [1.807, 2.05) is 66.6 Å². The number of carbonyl (C=O) groups excluding carboxylic acids is 1. The van der Waals surface area contributed by atoms with Gasteiger partial charge in [-0.3, -0.25) is 9.89 Å². The van der Waals surface area contributed by atoms with Gasteiger partial charge in [0.25, 0.3) is 5.91 Å². The molecule has 3 aromatic heterocycles. The van der Waals surface area contributed by atoms with Gasteiger partial charge in [-0.25, -0.2) is 9.97 Å². The predicted molar refractivity (Wildman–Crippen MR) is 111 cm³/mol. The quantitative estimate of drug-likeness (QED) is 0.501. The number of nitrogens with zero attached hydrogens (tertiary/aromatic N) is 4. The minimum absolute atomic E-state index is 0.130. The highest BCUT2D eigenvalue weighted by Gasteiger charge is 2.19. The third kappa shape index (κ3) is 3.14. The number of nitrogens with one attached hydrogen (secondary N) is 3. The first kappa shape index (κ1) is 17.2. The van der Waals surface area contributed by atoms with Crippen LogP contribution in [0.3, 0.4) is 0 Å². The molecule has 0 fully saturated rings. The van der Waals surface area contributed by atoms with E-state index in [0.29, 0.717) is 16.8 Å². The van der Waals surface area contributed by atoms with Crippen molar-refractivity contribution in [2.45, 2.75) is 13.0 Å². The first-order chi connectivity index (χ1) is 14.2. The fourth-order valence-corrected chi connectivity index (χ4v) is 3.40. The highest BCUT2D eigenvalue weighted by molar-refractivity contribution is 5.98. The number of benzene rings is 1. The van der Waals surface area contributed by atoms with Crippen LogP contribution in [-0.2, 0) is 0 Å². The first-order valence-electron chi connectivity index (χ1n) is 9.39. The molecule has 1 aromatic carbocycles. The predicted octanol–water partition coefficient (Wildman–Crippen LogP) is 3.22. The molecule has 4 heterocycles. The van der Waals surface area contributed by atoms with Crippen LogP contribution >= 0.6 is 0 Å². The molecule has 1 atom stereocenters. The van der Waals surface area contributed by atoms with Gasteiger partial charge in [0.15, 0.2) is 22.9 Å². The van der Waals surface area contributed by atoms with E-state index in [1.54, 1.807) is 0 Å². The number of fused-ring (bicyclic) bond motifs is 2. The summed E-state index contributed by atoms with van der Waals surface area (Å²) in [5, 5.41) is 11.2. The second-order valence-corrected chi connectivity index (χ2v) is 6.91. The SMILES string of the molecule is CC(NC(=O)c1nc2cc3c(N4C=CC=CC4)n[nH]c3nc2[nH]1)c1ccccc1. The number of allylic oxidation sites excluding steroid dienone is 2. The van der Waals surface area contributed by atoms with Crippen molar-refractivity contribution < 1.29 is 4.79 Å². The van der Waals surface area contributed by atoms with Crippen LogP contribution in [-0.4, -0.2) is 37.6 Å². The Balaban J connectivity index is 1.44. The normalized spacial score (nSPS) is 14.6. The molecule has 1 aliphatic heterocycles. The Bertz CT molecular complexity index is 1250. The maximum atomic E-state index is 12.7. The number of pyridine rings is 1. The van der Waals surface area contributed by atoms with Crippen molar-refractivity contribution in [3.05, 3.63) is 72.2 Å². The lowest BCUT2D eigenvalue weighted by Crippen LogP contribution is -2.27. The monoisotopic (exact) mass is 385 g/mol. The molecule has 4 aromatic rings. The van der Waals surface area contributed by atoms with Crippen LogP contribution in [0.15, 0.2) is 60.8 Å². The summed E-state index contributed by atoms with van der Waals surface area (Å²) in [7, 11) is 0. The highest BCUT2D eigenvalue weighted by Crippen LogP contribution is 2.26. The van der Waals surface area contributed by atoms with Crippen LogP contribution in [0.5, 0.6) is 0 Å². The van der Waals surface area contributed by atoms with Crippen LogP contribution in [0.1, 0.15) is 29.1 Å². The number of hydrogen-bond donors (Lipinski definition) is 3. The molecule has 0 bridgehead atoms. The Morgan fingerprint density at radius 2 is 2.03 bits per heavy atom. The fourth-order valence-electron chi connectivity index (χ4n) is 3.40. The summed E-state index contributed by atoms with van der Waals surface area (Å²) in [6.07, 6.45) is 7.98. The summed E-state index contributed by atoms with van der Waals surface area (Å²) in [5.41, 5.74) is 2.83. The van der Waals surface area contributed by atoms with Crippen molar-refractivity contribution in [2.75, 3.05) is 11.4 Å². The molecule has 0 saturated heterocycles. The van der Waals surface area contributed by atoms with E-state index < -0.39 is 0 Å². The molecule has 3 N–H and O–H groups in total. The molecule has 5 rings (SSSR count). The first-order valence-corrected chi connectivity index (χ1v) is 9.39. The third-order valence-corrected chi connectivity index (χ3v) is 4.93. The highest BCUT2D eigenvalue weighted by atomic mass is 16.2. The van der Waals surface area contributed by atoms with Gasteiger partial charge in [-0.2, -0.15) is 5.10 Å². The van der Waals surface area contributed by atoms with Gasteiger partial charge in [-0.1, -0.05) is 42.5 Å². The maximum absolute atomic E-state index is 12.7. The Hall–Kier alpha value is -3.94. The van der Waals surface area contributed by atoms with E-state index in [1.165, 1.54) is 0 Å². The smallest absolute Gasteiger partial charge is 0.287 e. The van der Waals surface area contributed by atoms with Gasteiger partial charge in [0, 0.05) is 12.7 Å². The summed E-state index contributed by atoms with van der Waals surface area (Å²) in [6.45, 7) is 2.68. The zero-order valence-electron chi connectivity index (χ0n) is 15.8. The molecular weight excluding hydrogens is 366 g/mol. The summed E-state index contributed by atoms with van der Waals surface area (Å²) < 4.78 is 0. The average Bonchev–Trinajstić information content (AvgIpc) is 3.36. The molecule has 29 heavy (non-hydrogen) atoms. The molecule has 8 heteroatoms. The third-order valence-electron chi connectivity index (χ3n) is 4.93. The number of imidazole rings is 1. The Morgan fingerprint density at radius 3 is 2.83 bits per heavy atom. The largest absolute Gasteiger partial charge is 0.343 e. The van der Waals surface area contributed by atoms with Gasteiger partial charge in [0.05, 0.1) is 11.4 Å². The Morgan fingerprint density at radius 1 is 1.17 bits per heavy atom. The second kappa shape index (κ2) is 6.90. The number of aromatic nitrogens is 5. The van der Waals surface area contributed by atoms with E-state index >= 15 is 0 Å². The lowest BCUT2D eigenvalue weighted by molar-refractivity contribution is 0.0930. The number of anilines is 1. The minimum Gasteiger partial charge on any atom is -0.343 e. The van der Waals surface area contributed by atoms with E-state index in [9.17, 15) is 4.79 Å². The standard InChI is InChI=1S/C21H19N7O/c1-13(14-8-4-2-5-9-14)22-21(29)19-23-16-12-15-17(24-18(16)25-19)26-27-20(15)28-10-6-3-7-11-28/h2-10,12-13H,11H2,1H3,(H,22,29)(H2,23,24,25,26,27). The molecule has 144 valence electrons. The molecular formula is C21H19N7O.